The Labute approximate surface area is 168 Å². The van der Waals surface area contributed by atoms with Crippen molar-refractivity contribution in [3.8, 4) is 0 Å². The van der Waals surface area contributed by atoms with Crippen LogP contribution in [0.1, 0.15) is 34.7 Å². The molecule has 0 heterocycles. The summed E-state index contributed by atoms with van der Waals surface area (Å²) >= 11 is 0. The van der Waals surface area contributed by atoms with E-state index in [0.29, 0.717) is 6.54 Å². The second kappa shape index (κ2) is 9.51. The van der Waals surface area contributed by atoms with Gasteiger partial charge in [0.15, 0.2) is 0 Å². The minimum atomic E-state index is -0.339. The molecule has 0 saturated heterocycles. The second-order valence-electron chi connectivity index (χ2n) is 7.55. The predicted octanol–water partition coefficient (Wildman–Crippen LogP) is 3.50. The Morgan fingerprint density at radius 3 is 2.25 bits per heavy atom. The summed E-state index contributed by atoms with van der Waals surface area (Å²) in [5, 5.41) is 5.63. The van der Waals surface area contributed by atoms with Gasteiger partial charge in [-0.25, -0.2) is 0 Å². The van der Waals surface area contributed by atoms with Crippen LogP contribution in [-0.2, 0) is 16.1 Å². The first-order valence-corrected chi connectivity index (χ1v) is 9.59. The molecule has 0 radical (unpaired) electrons. The number of carbonyl (C=O) groups is 2. The fraction of sp³-hybridized carbons (Fsp3) is 0.391. The number of anilines is 1. The highest BCUT2D eigenvalue weighted by Gasteiger charge is 2.19. The molecule has 0 aliphatic heterocycles. The number of amides is 2. The van der Waals surface area contributed by atoms with Crippen molar-refractivity contribution >= 4 is 17.5 Å². The number of nitrogens with one attached hydrogen (secondary N) is 2. The molecule has 0 spiro atoms. The van der Waals surface area contributed by atoms with Gasteiger partial charge in [-0.15, -0.1) is 0 Å². The molecular weight excluding hydrogens is 350 g/mol. The van der Waals surface area contributed by atoms with Crippen LogP contribution in [0.2, 0.25) is 0 Å². The van der Waals surface area contributed by atoms with Crippen molar-refractivity contribution < 1.29 is 9.59 Å². The number of hydrogen-bond donors (Lipinski definition) is 2. The van der Waals surface area contributed by atoms with Crippen molar-refractivity contribution in [3.63, 3.8) is 0 Å². The Morgan fingerprint density at radius 1 is 1.00 bits per heavy atom. The largest absolute Gasteiger partial charge is 0.346 e. The van der Waals surface area contributed by atoms with Crippen LogP contribution in [0.4, 0.5) is 5.69 Å². The van der Waals surface area contributed by atoms with E-state index in [1.807, 2.05) is 50.9 Å². The first-order chi connectivity index (χ1) is 13.2. The molecule has 0 aliphatic rings. The summed E-state index contributed by atoms with van der Waals surface area (Å²) in [5.41, 5.74) is 6.45. The molecule has 0 aromatic heterocycles. The summed E-state index contributed by atoms with van der Waals surface area (Å²) in [6, 6.07) is 11.8. The molecule has 2 aromatic carbocycles. The highest BCUT2D eigenvalue weighted by molar-refractivity contribution is 5.96. The van der Waals surface area contributed by atoms with Crippen molar-refractivity contribution in [1.29, 1.82) is 0 Å². The molecule has 28 heavy (non-hydrogen) atoms. The van der Waals surface area contributed by atoms with E-state index >= 15 is 0 Å². The molecular formula is C23H31N3O2. The zero-order valence-corrected chi connectivity index (χ0v) is 17.7. The third-order valence-electron chi connectivity index (χ3n) is 5.13. The van der Waals surface area contributed by atoms with Gasteiger partial charge in [-0.1, -0.05) is 42.0 Å². The van der Waals surface area contributed by atoms with Gasteiger partial charge >= 0.3 is 0 Å². The maximum atomic E-state index is 12.5. The lowest BCUT2D eigenvalue weighted by molar-refractivity contribution is -0.127. The summed E-state index contributed by atoms with van der Waals surface area (Å²) in [5.74, 6) is -0.390. The molecule has 150 valence electrons. The number of benzene rings is 2. The topological polar surface area (TPSA) is 61.4 Å². The third-order valence-corrected chi connectivity index (χ3v) is 5.13. The van der Waals surface area contributed by atoms with Crippen LogP contribution in [-0.4, -0.2) is 36.3 Å². The maximum Gasteiger partial charge on any atom is 0.243 e. The van der Waals surface area contributed by atoms with Crippen LogP contribution in [0.25, 0.3) is 0 Å². The van der Waals surface area contributed by atoms with Gasteiger partial charge in [0, 0.05) is 12.2 Å². The van der Waals surface area contributed by atoms with Gasteiger partial charge < -0.3 is 10.6 Å². The highest BCUT2D eigenvalue weighted by atomic mass is 16.2. The number of para-hydroxylation sites is 1. The third kappa shape index (κ3) is 5.67. The smallest absolute Gasteiger partial charge is 0.243 e. The monoisotopic (exact) mass is 381 g/mol. The van der Waals surface area contributed by atoms with Crippen LogP contribution in [0.3, 0.4) is 0 Å². The molecule has 2 amide bonds. The van der Waals surface area contributed by atoms with Gasteiger partial charge in [0.2, 0.25) is 11.8 Å². The van der Waals surface area contributed by atoms with Crippen molar-refractivity contribution in [2.24, 2.45) is 0 Å². The maximum absolute atomic E-state index is 12.5. The van der Waals surface area contributed by atoms with E-state index in [1.165, 1.54) is 16.7 Å². The number of aryl methyl sites for hydroxylation is 4. The average Bonchev–Trinajstić information content (AvgIpc) is 2.64. The quantitative estimate of drug-likeness (QED) is 0.772. The Bertz CT molecular complexity index is 841. The standard InChI is InChI=1S/C23H31N3O2/c1-15-10-11-20(18(4)12-15)14-26(6)19(5)23(28)24-13-21(27)25-22-16(2)8-7-9-17(22)3/h7-12,19H,13-14H2,1-6H3,(H,24,28)(H,25,27)/t19-/m0/s1. The summed E-state index contributed by atoms with van der Waals surface area (Å²) < 4.78 is 0. The molecule has 0 bridgehead atoms. The first kappa shape index (κ1) is 21.6. The zero-order valence-electron chi connectivity index (χ0n) is 17.7. The van der Waals surface area contributed by atoms with Crippen LogP contribution < -0.4 is 10.6 Å². The van der Waals surface area contributed by atoms with Gasteiger partial charge in [0.25, 0.3) is 0 Å². The molecule has 1 atom stereocenters. The van der Waals surface area contributed by atoms with E-state index in [2.05, 4.69) is 42.7 Å². The Balaban J connectivity index is 1.88. The van der Waals surface area contributed by atoms with Crippen LogP contribution >= 0.6 is 0 Å². The molecule has 0 fully saturated rings. The number of rotatable bonds is 7. The van der Waals surface area contributed by atoms with E-state index in [-0.39, 0.29) is 24.4 Å². The lowest BCUT2D eigenvalue weighted by Crippen LogP contribution is -2.45. The molecule has 0 aliphatic carbocycles. The van der Waals surface area contributed by atoms with Crippen molar-refractivity contribution in [2.45, 2.75) is 47.2 Å². The van der Waals surface area contributed by atoms with E-state index in [4.69, 9.17) is 0 Å². The number of carbonyl (C=O) groups excluding carboxylic acids is 2. The van der Waals surface area contributed by atoms with Crippen LogP contribution in [0, 0.1) is 27.7 Å². The normalized spacial score (nSPS) is 12.0. The lowest BCUT2D eigenvalue weighted by Gasteiger charge is -2.24. The minimum absolute atomic E-state index is 0.0473. The van der Waals surface area contributed by atoms with E-state index < -0.39 is 0 Å². The molecule has 5 nitrogen and oxygen atoms in total. The fourth-order valence-corrected chi connectivity index (χ4v) is 3.14. The van der Waals surface area contributed by atoms with Crippen molar-refractivity contribution in [1.82, 2.24) is 10.2 Å². The van der Waals surface area contributed by atoms with Gasteiger partial charge in [0.05, 0.1) is 12.6 Å². The minimum Gasteiger partial charge on any atom is -0.346 e. The highest BCUT2D eigenvalue weighted by Crippen LogP contribution is 2.19. The Hall–Kier alpha value is -2.66. The Kier molecular flexibility index (Phi) is 7.35. The average molecular weight is 382 g/mol. The van der Waals surface area contributed by atoms with E-state index in [0.717, 1.165) is 16.8 Å². The second-order valence-corrected chi connectivity index (χ2v) is 7.55. The predicted molar refractivity (Wildman–Crippen MR) is 114 cm³/mol. The molecule has 2 N–H and O–H groups in total. The fourth-order valence-electron chi connectivity index (χ4n) is 3.14. The van der Waals surface area contributed by atoms with Gasteiger partial charge in [-0.05, 0) is 63.9 Å². The van der Waals surface area contributed by atoms with Crippen molar-refractivity contribution in [3.05, 3.63) is 64.2 Å². The van der Waals surface area contributed by atoms with Gasteiger partial charge in [-0.2, -0.15) is 0 Å². The number of likely N-dealkylation sites (N-methyl/N-ethyl adjacent to an activating group) is 1. The molecule has 2 aromatic rings. The first-order valence-electron chi connectivity index (χ1n) is 9.59. The number of hydrogen-bond acceptors (Lipinski definition) is 3. The van der Waals surface area contributed by atoms with Gasteiger partial charge in [-0.3, -0.25) is 14.5 Å². The molecule has 0 saturated carbocycles. The summed E-state index contributed by atoms with van der Waals surface area (Å²) in [6.45, 7) is 10.5. The summed E-state index contributed by atoms with van der Waals surface area (Å²) in [7, 11) is 1.92. The van der Waals surface area contributed by atoms with E-state index in [1.54, 1.807) is 0 Å². The molecule has 2 rings (SSSR count). The zero-order chi connectivity index (χ0) is 20.8. The molecule has 0 unspecified atom stereocenters. The van der Waals surface area contributed by atoms with Gasteiger partial charge in [0.1, 0.15) is 0 Å². The lowest BCUT2D eigenvalue weighted by atomic mass is 10.0. The Morgan fingerprint density at radius 2 is 1.64 bits per heavy atom. The van der Waals surface area contributed by atoms with Crippen molar-refractivity contribution in [2.75, 3.05) is 18.9 Å². The van der Waals surface area contributed by atoms with E-state index in [9.17, 15) is 9.59 Å². The van der Waals surface area contributed by atoms with Crippen LogP contribution in [0.5, 0.6) is 0 Å². The molecule has 5 heteroatoms. The van der Waals surface area contributed by atoms with Crippen LogP contribution in [0.15, 0.2) is 36.4 Å². The SMILES string of the molecule is Cc1ccc(CN(C)[C@@H](C)C(=O)NCC(=O)Nc2c(C)cccc2C)c(C)c1. The number of nitrogens with zero attached hydrogens (tertiary/aromatic N) is 1. The summed E-state index contributed by atoms with van der Waals surface area (Å²) in [4.78, 5) is 26.7. The summed E-state index contributed by atoms with van der Waals surface area (Å²) in [6.07, 6.45) is 0.